The first kappa shape index (κ1) is 16.2. The van der Waals surface area contributed by atoms with Gasteiger partial charge >= 0.3 is 5.97 Å². The molecule has 1 heterocycles. The van der Waals surface area contributed by atoms with Gasteiger partial charge in [0.05, 0.1) is 15.7 Å². The van der Waals surface area contributed by atoms with E-state index in [2.05, 4.69) is 39.7 Å². The minimum absolute atomic E-state index is 0.0277. The number of carboxylic acids is 1. The average Bonchev–Trinajstić information content (AvgIpc) is 2.62. The third-order valence-electron chi connectivity index (χ3n) is 3.98. The quantitative estimate of drug-likeness (QED) is 0.900. The number of carbonyl (C=O) groups is 1. The number of hydrogen-bond acceptors (Lipinski definition) is 3. The molecule has 4 nitrogen and oxygen atoms in total. The second kappa shape index (κ2) is 6.75. The molecule has 1 unspecified atom stereocenters. The number of anilines is 1. The summed E-state index contributed by atoms with van der Waals surface area (Å²) in [6.45, 7) is 4.74. The van der Waals surface area contributed by atoms with Crippen molar-refractivity contribution in [2.24, 2.45) is 0 Å². The summed E-state index contributed by atoms with van der Waals surface area (Å²) in [5.74, 6) is -1.62. The van der Waals surface area contributed by atoms with E-state index < -0.39 is 11.8 Å². The van der Waals surface area contributed by atoms with Gasteiger partial charge in [0.25, 0.3) is 0 Å². The highest BCUT2D eigenvalue weighted by Crippen LogP contribution is 2.32. The van der Waals surface area contributed by atoms with Crippen LogP contribution in [0, 0.1) is 5.82 Å². The smallest absolute Gasteiger partial charge is 0.336 e. The van der Waals surface area contributed by atoms with Gasteiger partial charge in [-0.05, 0) is 54.5 Å². The molecule has 2 rings (SSSR count). The number of aromatic carboxylic acids is 1. The van der Waals surface area contributed by atoms with Gasteiger partial charge in [0.15, 0.2) is 5.82 Å². The Labute approximate surface area is 132 Å². The zero-order valence-corrected chi connectivity index (χ0v) is 13.9. The zero-order valence-electron chi connectivity index (χ0n) is 12.3. The molecule has 1 aromatic rings. The van der Waals surface area contributed by atoms with Gasteiger partial charge in [0, 0.05) is 19.1 Å². The van der Waals surface area contributed by atoms with Crippen LogP contribution in [0.15, 0.2) is 16.6 Å². The number of nitrogens with zero attached hydrogens (tertiary/aromatic N) is 2. The Morgan fingerprint density at radius 2 is 2.19 bits per heavy atom. The topological polar surface area (TPSA) is 43.8 Å². The second-order valence-electron chi connectivity index (χ2n) is 5.44. The second-order valence-corrected chi connectivity index (χ2v) is 6.23. The lowest BCUT2D eigenvalue weighted by molar-refractivity contribution is 0.0695. The highest BCUT2D eigenvalue weighted by molar-refractivity contribution is 9.10. The van der Waals surface area contributed by atoms with Crippen molar-refractivity contribution < 1.29 is 14.3 Å². The van der Waals surface area contributed by atoms with Gasteiger partial charge in [0.2, 0.25) is 0 Å². The predicted octanol–water partition coefficient (Wildman–Crippen LogP) is 3.21. The first-order chi connectivity index (χ1) is 9.95. The lowest BCUT2D eigenvalue weighted by atomic mass is 10.1. The number of benzene rings is 1. The molecule has 0 amide bonds. The van der Waals surface area contributed by atoms with Crippen LogP contribution in [0.2, 0.25) is 0 Å². The van der Waals surface area contributed by atoms with Gasteiger partial charge in [-0.2, -0.15) is 0 Å². The minimum Gasteiger partial charge on any atom is -0.478 e. The Morgan fingerprint density at radius 3 is 2.81 bits per heavy atom. The fraction of sp³-hybridized carbons (Fsp3) is 0.533. The van der Waals surface area contributed by atoms with Crippen molar-refractivity contribution in [2.75, 3.05) is 31.6 Å². The third kappa shape index (κ3) is 3.37. The van der Waals surface area contributed by atoms with Crippen LogP contribution in [-0.2, 0) is 0 Å². The number of hydrogen-bond donors (Lipinski definition) is 1. The van der Waals surface area contributed by atoms with Crippen LogP contribution in [0.3, 0.4) is 0 Å². The molecule has 1 aromatic carbocycles. The summed E-state index contributed by atoms with van der Waals surface area (Å²) in [4.78, 5) is 15.4. The molecule has 1 N–H and O–H groups in total. The highest BCUT2D eigenvalue weighted by atomic mass is 79.9. The van der Waals surface area contributed by atoms with Crippen LogP contribution in [0.25, 0.3) is 0 Å². The molecule has 0 aliphatic carbocycles. The molecule has 0 spiro atoms. The van der Waals surface area contributed by atoms with Crippen LogP contribution < -0.4 is 4.90 Å². The summed E-state index contributed by atoms with van der Waals surface area (Å²) in [6, 6.07) is 3.28. The Morgan fingerprint density at radius 1 is 1.48 bits per heavy atom. The van der Waals surface area contributed by atoms with Crippen LogP contribution in [-0.4, -0.2) is 48.7 Å². The van der Waals surface area contributed by atoms with E-state index in [1.54, 1.807) is 6.07 Å². The summed E-state index contributed by atoms with van der Waals surface area (Å²) in [7, 11) is 2.08. The molecule has 0 aromatic heterocycles. The van der Waals surface area contributed by atoms with Gasteiger partial charge in [-0.25, -0.2) is 9.18 Å². The molecule has 0 saturated carbocycles. The van der Waals surface area contributed by atoms with E-state index in [9.17, 15) is 9.18 Å². The Balaban J connectivity index is 2.40. The zero-order chi connectivity index (χ0) is 15.6. The molecule has 21 heavy (non-hydrogen) atoms. The lowest BCUT2D eigenvalue weighted by Crippen LogP contribution is -2.40. The summed E-state index contributed by atoms with van der Waals surface area (Å²) in [6.07, 6.45) is 1.88. The summed E-state index contributed by atoms with van der Waals surface area (Å²) in [5.41, 5.74) is 0.435. The standard InChI is InChI=1S/C15H20BrFN2O2/c1-3-10-9-18(2)7-4-8-19(10)12-6-5-11(15(20)21)13(16)14(12)17/h5-6,10H,3-4,7-9H2,1-2H3,(H,20,21). The lowest BCUT2D eigenvalue weighted by Gasteiger charge is -2.32. The van der Waals surface area contributed by atoms with E-state index in [0.29, 0.717) is 5.69 Å². The van der Waals surface area contributed by atoms with Gasteiger partial charge < -0.3 is 14.9 Å². The van der Waals surface area contributed by atoms with Crippen molar-refractivity contribution in [3.63, 3.8) is 0 Å². The Bertz CT molecular complexity index is 539. The van der Waals surface area contributed by atoms with Gasteiger partial charge in [-0.1, -0.05) is 6.92 Å². The van der Waals surface area contributed by atoms with E-state index >= 15 is 0 Å². The third-order valence-corrected chi connectivity index (χ3v) is 4.75. The number of likely N-dealkylation sites (N-methyl/N-ethyl adjacent to an activating group) is 1. The van der Waals surface area contributed by atoms with Crippen LogP contribution in [0.4, 0.5) is 10.1 Å². The molecule has 116 valence electrons. The van der Waals surface area contributed by atoms with Crippen molar-refractivity contribution in [3.8, 4) is 0 Å². The maximum Gasteiger partial charge on any atom is 0.336 e. The number of halogens is 2. The first-order valence-electron chi connectivity index (χ1n) is 7.12. The van der Waals surface area contributed by atoms with Crippen LogP contribution in [0.5, 0.6) is 0 Å². The van der Waals surface area contributed by atoms with Crippen LogP contribution >= 0.6 is 15.9 Å². The molecule has 0 radical (unpaired) electrons. The summed E-state index contributed by atoms with van der Waals surface area (Å²) < 4.78 is 14.6. The SMILES string of the molecule is CCC1CN(C)CCCN1c1ccc(C(=O)O)c(Br)c1F. The van der Waals surface area contributed by atoms with Crippen molar-refractivity contribution in [1.82, 2.24) is 4.90 Å². The highest BCUT2D eigenvalue weighted by Gasteiger charge is 2.26. The number of carboxylic acid groups (broad SMARTS) is 1. The Hall–Kier alpha value is -1.14. The molecule has 1 fully saturated rings. The molecular formula is C15H20BrFN2O2. The molecule has 1 saturated heterocycles. The average molecular weight is 359 g/mol. The largest absolute Gasteiger partial charge is 0.478 e. The van der Waals surface area contributed by atoms with Crippen molar-refractivity contribution >= 4 is 27.6 Å². The molecule has 1 atom stereocenters. The molecule has 1 aliphatic rings. The van der Waals surface area contributed by atoms with Crippen molar-refractivity contribution in [1.29, 1.82) is 0 Å². The van der Waals surface area contributed by atoms with E-state index in [1.165, 1.54) is 6.07 Å². The van der Waals surface area contributed by atoms with Gasteiger partial charge in [0.1, 0.15) is 0 Å². The summed E-state index contributed by atoms with van der Waals surface area (Å²) in [5, 5.41) is 9.05. The molecular weight excluding hydrogens is 339 g/mol. The van der Waals surface area contributed by atoms with Crippen molar-refractivity contribution in [3.05, 3.63) is 28.0 Å². The fourth-order valence-electron chi connectivity index (χ4n) is 2.84. The molecule has 0 bridgehead atoms. The van der Waals surface area contributed by atoms with Crippen LogP contribution in [0.1, 0.15) is 30.1 Å². The van der Waals surface area contributed by atoms with E-state index in [0.717, 1.165) is 32.5 Å². The van der Waals surface area contributed by atoms with E-state index in [4.69, 9.17) is 5.11 Å². The molecule has 6 heteroatoms. The first-order valence-corrected chi connectivity index (χ1v) is 7.91. The normalized spacial score (nSPS) is 20.4. The predicted molar refractivity (Wildman–Crippen MR) is 84.6 cm³/mol. The molecule has 1 aliphatic heterocycles. The minimum atomic E-state index is -1.13. The van der Waals surface area contributed by atoms with E-state index in [1.807, 2.05) is 0 Å². The van der Waals surface area contributed by atoms with Crippen molar-refractivity contribution in [2.45, 2.75) is 25.8 Å². The number of rotatable bonds is 3. The maximum atomic E-state index is 14.6. The van der Waals surface area contributed by atoms with E-state index in [-0.39, 0.29) is 16.1 Å². The fourth-order valence-corrected chi connectivity index (χ4v) is 3.34. The monoisotopic (exact) mass is 358 g/mol. The Kier molecular flexibility index (Phi) is 5.22. The van der Waals surface area contributed by atoms with Gasteiger partial charge in [-0.15, -0.1) is 0 Å². The maximum absolute atomic E-state index is 14.6. The van der Waals surface area contributed by atoms with Gasteiger partial charge in [-0.3, -0.25) is 0 Å². The summed E-state index contributed by atoms with van der Waals surface area (Å²) >= 11 is 3.08.